The van der Waals surface area contributed by atoms with Crippen molar-refractivity contribution in [2.75, 3.05) is 51.5 Å². The number of nitrogens with zero attached hydrogens (tertiary/aromatic N) is 7. The molecule has 5 heterocycles. The average Bonchev–Trinajstić information content (AvgIpc) is 3.11. The van der Waals surface area contributed by atoms with E-state index >= 15 is 4.39 Å². The van der Waals surface area contributed by atoms with Crippen LogP contribution < -0.4 is 15.4 Å². The zero-order valence-electron chi connectivity index (χ0n) is 24.3. The van der Waals surface area contributed by atoms with E-state index in [2.05, 4.69) is 20.0 Å². The molecule has 1 saturated heterocycles. The third-order valence-corrected chi connectivity index (χ3v) is 8.79. The van der Waals surface area contributed by atoms with E-state index in [0.29, 0.717) is 55.4 Å². The van der Waals surface area contributed by atoms with Crippen LogP contribution in [0.15, 0.2) is 12.1 Å². The first kappa shape index (κ1) is 30.3. The van der Waals surface area contributed by atoms with Crippen LogP contribution in [0, 0.1) is 5.82 Å². The summed E-state index contributed by atoms with van der Waals surface area (Å²) in [4.78, 5) is 27.9. The molecule has 11 nitrogen and oxygen atoms in total. The zero-order valence-corrected chi connectivity index (χ0v) is 25.0. The predicted octanol–water partition coefficient (Wildman–Crippen LogP) is 3.69. The van der Waals surface area contributed by atoms with Gasteiger partial charge in [0.25, 0.3) is 5.91 Å². The van der Waals surface area contributed by atoms with Crippen molar-refractivity contribution in [3.8, 4) is 6.01 Å². The van der Waals surface area contributed by atoms with Crippen molar-refractivity contribution in [3.63, 3.8) is 0 Å². The first-order valence-corrected chi connectivity index (χ1v) is 14.4. The van der Waals surface area contributed by atoms with E-state index in [1.807, 2.05) is 19.0 Å². The highest BCUT2D eigenvalue weighted by Gasteiger charge is 2.41. The highest BCUT2D eigenvalue weighted by Crippen LogP contribution is 2.43. The Balaban J connectivity index is 1.31. The normalized spacial score (nSPS) is 19.0. The van der Waals surface area contributed by atoms with Crippen LogP contribution in [-0.4, -0.2) is 82.3 Å². The van der Waals surface area contributed by atoms with Crippen molar-refractivity contribution in [1.82, 2.24) is 29.5 Å². The van der Waals surface area contributed by atoms with E-state index < -0.39 is 34.9 Å². The van der Waals surface area contributed by atoms with Gasteiger partial charge in [-0.15, -0.1) is 0 Å². The van der Waals surface area contributed by atoms with Crippen molar-refractivity contribution >= 4 is 29.0 Å². The van der Waals surface area contributed by atoms with Crippen molar-refractivity contribution in [3.05, 3.63) is 56.7 Å². The molecule has 2 N–H and O–H groups in total. The third kappa shape index (κ3) is 5.30. The summed E-state index contributed by atoms with van der Waals surface area (Å²) in [7, 11) is 5.31. The number of hydrogen-bond acceptors (Lipinski definition) is 9. The lowest BCUT2D eigenvalue weighted by Crippen LogP contribution is -2.59. The lowest BCUT2D eigenvalue weighted by atomic mass is 9.94. The molecule has 0 aliphatic carbocycles. The number of ether oxygens (including phenoxy) is 2. The molecular weight excluding hydrogens is 608 g/mol. The fraction of sp³-hybridized carbons (Fsp3) is 0.500. The van der Waals surface area contributed by atoms with Crippen LogP contribution in [0.3, 0.4) is 0 Å². The number of alkyl halides is 3. The molecule has 3 aliphatic heterocycles. The van der Waals surface area contributed by atoms with Crippen molar-refractivity contribution < 1.29 is 31.8 Å². The lowest BCUT2D eigenvalue weighted by Gasteiger charge is -2.42. The van der Waals surface area contributed by atoms with Gasteiger partial charge in [-0.2, -0.15) is 28.2 Å². The molecule has 236 valence electrons. The molecular formula is C28H31ClF4N8O3. The Hall–Kier alpha value is -3.69. The number of fused-ring (bicyclic) bond motifs is 2. The summed E-state index contributed by atoms with van der Waals surface area (Å²) in [5.41, 5.74) is 5.14. The summed E-state index contributed by atoms with van der Waals surface area (Å²) >= 11 is 6.77. The molecule has 0 radical (unpaired) electrons. The van der Waals surface area contributed by atoms with E-state index in [-0.39, 0.29) is 48.2 Å². The number of benzene rings is 1. The van der Waals surface area contributed by atoms with Gasteiger partial charge in [0.05, 0.1) is 54.0 Å². The first-order chi connectivity index (χ1) is 20.9. The molecule has 1 aromatic carbocycles. The summed E-state index contributed by atoms with van der Waals surface area (Å²) < 4.78 is 69.5. The van der Waals surface area contributed by atoms with Crippen LogP contribution in [0.1, 0.15) is 51.1 Å². The second-order valence-electron chi connectivity index (χ2n) is 11.3. The molecule has 0 spiro atoms. The fourth-order valence-corrected chi connectivity index (χ4v) is 6.11. The maximum atomic E-state index is 15.1. The topological polar surface area (TPSA) is 115 Å². The first-order valence-electron chi connectivity index (χ1n) is 14.0. The van der Waals surface area contributed by atoms with Crippen LogP contribution in [0.5, 0.6) is 6.01 Å². The number of anilines is 2. The van der Waals surface area contributed by atoms with Crippen LogP contribution in [-0.2, 0) is 37.0 Å². The van der Waals surface area contributed by atoms with Gasteiger partial charge in [-0.25, -0.2) is 4.39 Å². The van der Waals surface area contributed by atoms with Crippen molar-refractivity contribution in [2.45, 2.75) is 50.9 Å². The van der Waals surface area contributed by atoms with E-state index in [9.17, 15) is 18.0 Å². The second-order valence-corrected chi connectivity index (χ2v) is 11.7. The number of carbonyl (C=O) groups is 1. The van der Waals surface area contributed by atoms with Crippen LogP contribution in [0.4, 0.5) is 29.1 Å². The number of nitrogen functional groups attached to an aromatic ring is 1. The van der Waals surface area contributed by atoms with Crippen LogP contribution >= 0.6 is 11.6 Å². The molecule has 0 saturated carbocycles. The van der Waals surface area contributed by atoms with Gasteiger partial charge < -0.3 is 29.9 Å². The van der Waals surface area contributed by atoms with E-state index in [4.69, 9.17) is 26.8 Å². The fourth-order valence-electron chi connectivity index (χ4n) is 5.84. The highest BCUT2D eigenvalue weighted by molar-refractivity contribution is 6.34. The van der Waals surface area contributed by atoms with Gasteiger partial charge in [-0.3, -0.25) is 9.48 Å². The van der Waals surface area contributed by atoms with Gasteiger partial charge in [-0.1, -0.05) is 11.6 Å². The van der Waals surface area contributed by atoms with Gasteiger partial charge in [0.2, 0.25) is 0 Å². The Morgan fingerprint density at radius 3 is 2.64 bits per heavy atom. The largest absolute Gasteiger partial charge is 0.467 e. The number of likely N-dealkylation sites (tertiary alicyclic amines) is 1. The van der Waals surface area contributed by atoms with Gasteiger partial charge >= 0.3 is 12.2 Å². The molecule has 1 unspecified atom stereocenters. The summed E-state index contributed by atoms with van der Waals surface area (Å²) in [5, 5.41) is 4.81. The highest BCUT2D eigenvalue weighted by atomic mass is 35.5. The predicted molar refractivity (Wildman–Crippen MR) is 152 cm³/mol. The monoisotopic (exact) mass is 638 g/mol. The van der Waals surface area contributed by atoms with Crippen molar-refractivity contribution in [1.29, 1.82) is 0 Å². The molecule has 3 aromatic rings. The number of rotatable bonds is 5. The Bertz CT molecular complexity index is 1610. The quantitative estimate of drug-likeness (QED) is 0.330. The summed E-state index contributed by atoms with van der Waals surface area (Å²) in [5.74, 6) is -0.955. The van der Waals surface area contributed by atoms with E-state index in [1.165, 1.54) is 7.11 Å². The second kappa shape index (κ2) is 11.3. The third-order valence-electron chi connectivity index (χ3n) is 8.39. The smallest absolute Gasteiger partial charge is 0.416 e. The Kier molecular flexibility index (Phi) is 7.82. The van der Waals surface area contributed by atoms with Gasteiger partial charge in [0, 0.05) is 49.8 Å². The summed E-state index contributed by atoms with van der Waals surface area (Å²) in [6.45, 7) is 2.29. The molecule has 16 heteroatoms. The maximum absolute atomic E-state index is 15.1. The molecule has 2 aromatic heterocycles. The number of methoxy groups -OCH3 is 1. The van der Waals surface area contributed by atoms with Crippen LogP contribution in [0.25, 0.3) is 0 Å². The molecule has 6 rings (SSSR count). The Morgan fingerprint density at radius 2 is 1.95 bits per heavy atom. The van der Waals surface area contributed by atoms with Gasteiger partial charge in [0.15, 0.2) is 11.5 Å². The zero-order chi connectivity index (χ0) is 31.5. The van der Waals surface area contributed by atoms with Crippen LogP contribution in [0.2, 0.25) is 5.02 Å². The van der Waals surface area contributed by atoms with E-state index in [0.717, 1.165) is 12.1 Å². The molecule has 1 atom stereocenters. The number of likely N-dealkylation sites (N-methyl/N-ethyl adjacent to an activating group) is 1. The molecule has 3 aliphatic rings. The lowest BCUT2D eigenvalue weighted by molar-refractivity contribution is -0.140. The number of carbonyl (C=O) groups excluding carboxylic acids is 1. The standard InChI is InChI=1S/C28H31ClF4N8O3/c1-38(2)14-10-40(11-14)26(42)24-22(29)19-12-39(7-4-8-41(19)37-24)25-15-13-44-20(9-18(15)35-27(36-25)43-3)21-16(28(31,32)33)5-6-17(34)23(21)30/h5-6,14,20H,4,7-13,34H2,1-3H3. The molecule has 44 heavy (non-hydrogen) atoms. The number of amides is 1. The summed E-state index contributed by atoms with van der Waals surface area (Å²) in [6, 6.07) is 1.92. The number of hydrogen-bond donors (Lipinski definition) is 1. The average molecular weight is 639 g/mol. The minimum absolute atomic E-state index is 0.00330. The number of aromatic nitrogens is 4. The maximum Gasteiger partial charge on any atom is 0.416 e. The Labute approximate surface area is 255 Å². The minimum atomic E-state index is -4.82. The summed E-state index contributed by atoms with van der Waals surface area (Å²) in [6.07, 6.45) is -5.64. The van der Waals surface area contributed by atoms with E-state index in [1.54, 1.807) is 9.58 Å². The number of halogens is 5. The Morgan fingerprint density at radius 1 is 1.20 bits per heavy atom. The number of aryl methyl sites for hydroxylation is 1. The SMILES string of the molecule is COc1nc2c(c(N3CCCn4nc(C(=O)N5CC(N(C)C)C5)c(Cl)c4C3)n1)COC(c1c(C(F)(F)F)ccc(N)c1F)C2. The molecule has 0 bridgehead atoms. The van der Waals surface area contributed by atoms with Gasteiger partial charge in [-0.05, 0) is 32.6 Å². The molecule has 1 amide bonds. The minimum Gasteiger partial charge on any atom is -0.467 e. The van der Waals surface area contributed by atoms with Gasteiger partial charge in [0.1, 0.15) is 5.82 Å². The number of nitrogens with two attached hydrogens (primary N) is 1. The van der Waals surface area contributed by atoms with Crippen molar-refractivity contribution in [2.24, 2.45) is 0 Å². The molecule has 1 fully saturated rings.